The number of alkyl halides is 7. The molecule has 1 aliphatic heterocycles. The lowest BCUT2D eigenvalue weighted by atomic mass is 9.81. The van der Waals surface area contributed by atoms with Crippen molar-refractivity contribution in [1.29, 1.82) is 0 Å². The van der Waals surface area contributed by atoms with Crippen LogP contribution >= 0.6 is 0 Å². The van der Waals surface area contributed by atoms with Crippen molar-refractivity contribution < 1.29 is 44.8 Å². The molecule has 5 rings (SSSR count). The number of nitrogens with zero attached hydrogens (tertiary/aromatic N) is 5. The summed E-state index contributed by atoms with van der Waals surface area (Å²) in [4.78, 5) is 30.5. The Bertz CT molecular complexity index is 1440. The largest absolute Gasteiger partial charge is 0.410 e. The number of fused-ring (bicyclic) bond motifs is 1. The molecule has 2 aliphatic rings. The van der Waals surface area contributed by atoms with Gasteiger partial charge in [0.25, 0.3) is 11.8 Å². The Kier molecular flexibility index (Phi) is 7.09. The van der Waals surface area contributed by atoms with Crippen LogP contribution in [0.4, 0.5) is 35.5 Å². The maximum atomic E-state index is 13.9. The van der Waals surface area contributed by atoms with E-state index < -0.39 is 78.6 Å². The molecule has 1 saturated carbocycles. The fourth-order valence-electron chi connectivity index (χ4n) is 5.06. The van der Waals surface area contributed by atoms with Crippen LogP contribution in [0, 0.1) is 5.92 Å². The number of carbonyl (C=O) groups is 2. The van der Waals surface area contributed by atoms with Gasteiger partial charge in [0.15, 0.2) is 11.3 Å². The Hall–Kier alpha value is -3.92. The van der Waals surface area contributed by atoms with Gasteiger partial charge < -0.3 is 20.1 Å². The van der Waals surface area contributed by atoms with E-state index in [4.69, 9.17) is 0 Å². The topological polar surface area (TPSA) is 118 Å². The van der Waals surface area contributed by atoms with E-state index in [9.17, 15) is 40.3 Å². The first kappa shape index (κ1) is 28.6. The van der Waals surface area contributed by atoms with Gasteiger partial charge in [-0.2, -0.15) is 27.1 Å². The van der Waals surface area contributed by atoms with Gasteiger partial charge in [-0.25, -0.2) is 23.1 Å². The van der Waals surface area contributed by atoms with Crippen LogP contribution in [0.15, 0.2) is 29.2 Å². The van der Waals surface area contributed by atoms with E-state index in [1.54, 1.807) is 0 Å². The maximum absolute atomic E-state index is 13.9. The first-order valence-electron chi connectivity index (χ1n) is 12.6. The van der Waals surface area contributed by atoms with Gasteiger partial charge in [0.2, 0.25) is 5.92 Å². The van der Waals surface area contributed by atoms with E-state index in [-0.39, 0.29) is 30.7 Å². The third-order valence-corrected chi connectivity index (χ3v) is 7.22. The molecule has 1 aliphatic carbocycles. The van der Waals surface area contributed by atoms with Crippen LogP contribution in [0.25, 0.3) is 5.65 Å². The Labute approximate surface area is 227 Å². The minimum absolute atomic E-state index is 0.00930. The molecular weight excluding hydrogens is 567 g/mol. The molecule has 10 nitrogen and oxygen atoms in total. The zero-order valence-electron chi connectivity index (χ0n) is 21.4. The molecule has 1 saturated heterocycles. The molecule has 3 aromatic heterocycles. The number of carbonyl (C=O) groups excluding carboxylic acids is 2. The molecule has 0 bridgehead atoms. The monoisotopic (exact) mass is 591 g/mol. The third kappa shape index (κ3) is 6.07. The average molecular weight is 591 g/mol. The van der Waals surface area contributed by atoms with E-state index >= 15 is 0 Å². The summed E-state index contributed by atoms with van der Waals surface area (Å²) in [7, 11) is 0. The van der Waals surface area contributed by atoms with Gasteiger partial charge in [0, 0.05) is 26.3 Å². The molecule has 0 radical (unpaired) electrons. The molecule has 0 spiro atoms. The molecule has 2 N–H and O–H groups in total. The summed E-state index contributed by atoms with van der Waals surface area (Å²) in [6.45, 7) is -0.235. The quantitative estimate of drug-likeness (QED) is 0.389. The Balaban J connectivity index is 1.40. The van der Waals surface area contributed by atoms with E-state index in [2.05, 4.69) is 25.1 Å². The van der Waals surface area contributed by atoms with Crippen molar-refractivity contribution in [2.75, 3.05) is 6.54 Å². The summed E-state index contributed by atoms with van der Waals surface area (Å²) in [5.41, 5.74) is -0.631. The number of nitrogens with one attached hydrogen (secondary N) is 2. The van der Waals surface area contributed by atoms with E-state index in [0.29, 0.717) is 12.5 Å². The highest BCUT2D eigenvalue weighted by molar-refractivity contribution is 5.95. The van der Waals surface area contributed by atoms with Gasteiger partial charge in [-0.15, -0.1) is 0 Å². The van der Waals surface area contributed by atoms with Gasteiger partial charge in [0.1, 0.15) is 17.9 Å². The molecule has 0 unspecified atom stereocenters. The fourth-order valence-corrected chi connectivity index (χ4v) is 5.06. The van der Waals surface area contributed by atoms with Crippen molar-refractivity contribution in [2.45, 2.75) is 69.3 Å². The van der Waals surface area contributed by atoms with Crippen LogP contribution in [0.1, 0.15) is 66.0 Å². The number of hydrogen-bond donors (Lipinski definition) is 2. The number of aromatic nitrogens is 4. The number of rotatable bonds is 7. The van der Waals surface area contributed by atoms with Crippen LogP contribution in [0.5, 0.6) is 0 Å². The van der Waals surface area contributed by atoms with Crippen LogP contribution in [-0.2, 0) is 12.5 Å². The summed E-state index contributed by atoms with van der Waals surface area (Å²) >= 11 is 0. The summed E-state index contributed by atoms with van der Waals surface area (Å²) < 4.78 is 101. The van der Waals surface area contributed by atoms with Crippen LogP contribution in [0.3, 0.4) is 0 Å². The summed E-state index contributed by atoms with van der Waals surface area (Å²) in [6, 6.07) is -2.39. The smallest absolute Gasteiger partial charge is 0.363 e. The predicted molar refractivity (Wildman–Crippen MR) is 125 cm³/mol. The fraction of sp³-hybridized carbons (Fsp3) is 0.542. The van der Waals surface area contributed by atoms with E-state index in [1.807, 2.05) is 5.32 Å². The van der Waals surface area contributed by atoms with Gasteiger partial charge in [-0.05, 0) is 30.4 Å². The minimum atomic E-state index is -4.60. The third-order valence-electron chi connectivity index (χ3n) is 7.22. The lowest BCUT2D eigenvalue weighted by molar-refractivity contribution is -0.149. The van der Waals surface area contributed by atoms with Crippen LogP contribution in [0.2, 0.25) is 0 Å². The molecule has 2 atom stereocenters. The number of imidazole rings is 1. The van der Waals surface area contributed by atoms with Gasteiger partial charge in [-0.1, -0.05) is 5.16 Å². The van der Waals surface area contributed by atoms with E-state index in [0.717, 1.165) is 11.2 Å². The highest BCUT2D eigenvalue weighted by atomic mass is 19.4. The highest BCUT2D eigenvalue weighted by Crippen LogP contribution is 2.41. The SMILES string of the molecule is CC(F)(F)c1nocc1C(=O)N[C@H](c1cn2ncc(CN3C[C@@H](C(F)(F)F)NC3=O)cc2n1)C1CCC(F)(F)CC1. The summed E-state index contributed by atoms with van der Waals surface area (Å²) in [5, 5.41) is 11.9. The number of urea groups is 1. The summed E-state index contributed by atoms with van der Waals surface area (Å²) in [6.07, 6.45) is -1.94. The van der Waals surface area contributed by atoms with Crippen molar-refractivity contribution in [1.82, 2.24) is 35.3 Å². The van der Waals surface area contributed by atoms with Crippen molar-refractivity contribution in [3.05, 3.63) is 47.2 Å². The molecule has 3 amide bonds. The van der Waals surface area contributed by atoms with Crippen molar-refractivity contribution >= 4 is 17.6 Å². The van der Waals surface area contributed by atoms with E-state index in [1.165, 1.54) is 23.0 Å². The summed E-state index contributed by atoms with van der Waals surface area (Å²) in [5.74, 6) is -7.85. The molecule has 4 heterocycles. The second kappa shape index (κ2) is 10.2. The molecule has 2 fully saturated rings. The van der Waals surface area contributed by atoms with Gasteiger partial charge in [0.05, 0.1) is 30.7 Å². The van der Waals surface area contributed by atoms with Crippen molar-refractivity contribution in [3.8, 4) is 0 Å². The number of amides is 3. The normalized spacial score (nSPS) is 20.8. The molecule has 17 heteroatoms. The van der Waals surface area contributed by atoms with Crippen LogP contribution < -0.4 is 10.6 Å². The molecule has 3 aromatic rings. The zero-order chi connectivity index (χ0) is 29.7. The first-order chi connectivity index (χ1) is 19.1. The van der Waals surface area contributed by atoms with Crippen molar-refractivity contribution in [2.24, 2.45) is 5.92 Å². The molecule has 0 aromatic carbocycles. The average Bonchev–Trinajstić information content (AvgIpc) is 3.60. The zero-order valence-corrected chi connectivity index (χ0v) is 21.4. The number of hydrogen-bond acceptors (Lipinski definition) is 6. The van der Waals surface area contributed by atoms with Gasteiger partial charge in [-0.3, -0.25) is 4.79 Å². The standard InChI is InChI=1S/C24H24F7N7O3/c1-22(25,26)19-14(11-41-36-19)20(39)35-18(13-2-4-23(27,28)5-3-13)15-9-38-17(33-15)6-12(7-32-38)8-37-10-16(24(29,30)31)34-21(37)40/h6-7,9,11,13,16,18H,2-5,8,10H2,1H3,(H,34,40)(H,35,39)/t16-,18-/m0/s1. The maximum Gasteiger partial charge on any atom is 0.410 e. The lowest BCUT2D eigenvalue weighted by Crippen LogP contribution is -2.40. The van der Waals surface area contributed by atoms with Crippen LogP contribution in [-0.4, -0.2) is 61.3 Å². The Morgan fingerprint density at radius 2 is 1.95 bits per heavy atom. The van der Waals surface area contributed by atoms with Gasteiger partial charge >= 0.3 is 12.2 Å². The molecule has 222 valence electrons. The molecular formula is C24H24F7N7O3. The second-order valence-electron chi connectivity index (χ2n) is 10.4. The minimum Gasteiger partial charge on any atom is -0.363 e. The Morgan fingerprint density at radius 3 is 2.59 bits per heavy atom. The second-order valence-corrected chi connectivity index (χ2v) is 10.4. The van der Waals surface area contributed by atoms with Crippen molar-refractivity contribution in [3.63, 3.8) is 0 Å². The molecule has 41 heavy (non-hydrogen) atoms. The lowest BCUT2D eigenvalue weighted by Gasteiger charge is -2.33. The first-order valence-corrected chi connectivity index (χ1v) is 12.6. The predicted octanol–water partition coefficient (Wildman–Crippen LogP) is 4.58. The number of halogens is 7. The highest BCUT2D eigenvalue weighted by Gasteiger charge is 2.47. The Morgan fingerprint density at radius 1 is 1.24 bits per heavy atom.